The van der Waals surface area contributed by atoms with Gasteiger partial charge >= 0.3 is 0 Å². The molecule has 6 heteroatoms. The minimum absolute atomic E-state index is 0.170. The van der Waals surface area contributed by atoms with Crippen molar-refractivity contribution in [2.75, 3.05) is 17.7 Å². The average molecular weight is 262 g/mol. The van der Waals surface area contributed by atoms with Gasteiger partial charge in [-0.25, -0.2) is 4.98 Å². The molecule has 18 heavy (non-hydrogen) atoms. The van der Waals surface area contributed by atoms with Crippen LogP contribution >= 0.6 is 11.5 Å². The Morgan fingerprint density at radius 2 is 2.11 bits per heavy atom. The number of hydrogen-bond acceptors (Lipinski definition) is 5. The first-order valence-electron chi connectivity index (χ1n) is 5.50. The van der Waals surface area contributed by atoms with E-state index in [2.05, 4.69) is 20.0 Å². The molecule has 2 aromatic rings. The van der Waals surface area contributed by atoms with Crippen LogP contribution in [0.4, 0.5) is 10.8 Å². The van der Waals surface area contributed by atoms with Gasteiger partial charge in [0.15, 0.2) is 0 Å². The highest BCUT2D eigenvalue weighted by Gasteiger charge is 2.10. The van der Waals surface area contributed by atoms with Crippen LogP contribution in [0.15, 0.2) is 18.2 Å². The number of hydrogen-bond donors (Lipinski definition) is 2. The third-order valence-corrected chi connectivity index (χ3v) is 3.23. The first kappa shape index (κ1) is 12.5. The van der Waals surface area contributed by atoms with Crippen molar-refractivity contribution in [3.63, 3.8) is 0 Å². The van der Waals surface area contributed by atoms with Gasteiger partial charge in [-0.15, -0.1) is 0 Å². The first-order chi connectivity index (χ1) is 8.60. The highest BCUT2D eigenvalue weighted by atomic mass is 32.1. The monoisotopic (exact) mass is 262 g/mol. The minimum atomic E-state index is -0.170. The minimum Gasteiger partial charge on any atom is -0.388 e. The Bertz CT molecular complexity index is 579. The van der Waals surface area contributed by atoms with Gasteiger partial charge in [-0.1, -0.05) is 0 Å². The molecule has 0 aliphatic rings. The lowest BCUT2D eigenvalue weighted by molar-refractivity contribution is 0.102. The molecule has 0 aliphatic heterocycles. The van der Waals surface area contributed by atoms with Crippen molar-refractivity contribution in [1.82, 2.24) is 9.36 Å². The number of rotatable bonds is 3. The second-order valence-corrected chi connectivity index (χ2v) is 4.63. The summed E-state index contributed by atoms with van der Waals surface area (Å²) in [7, 11) is 1.85. The van der Waals surface area contributed by atoms with Crippen molar-refractivity contribution in [2.24, 2.45) is 0 Å². The van der Waals surface area contributed by atoms with E-state index in [9.17, 15) is 4.79 Å². The van der Waals surface area contributed by atoms with Crippen molar-refractivity contribution in [3.05, 3.63) is 35.2 Å². The normalized spacial score (nSPS) is 10.2. The van der Waals surface area contributed by atoms with Crippen LogP contribution in [0.25, 0.3) is 0 Å². The van der Waals surface area contributed by atoms with Crippen molar-refractivity contribution in [2.45, 2.75) is 13.8 Å². The number of nitrogens with one attached hydrogen (secondary N) is 2. The van der Waals surface area contributed by atoms with Gasteiger partial charge < -0.3 is 5.32 Å². The van der Waals surface area contributed by atoms with E-state index in [-0.39, 0.29) is 5.91 Å². The summed E-state index contributed by atoms with van der Waals surface area (Å²) in [5, 5.41) is 6.31. The third kappa shape index (κ3) is 2.65. The topological polar surface area (TPSA) is 66.9 Å². The molecule has 0 bridgehead atoms. The van der Waals surface area contributed by atoms with Gasteiger partial charge in [-0.2, -0.15) is 4.37 Å². The van der Waals surface area contributed by atoms with E-state index in [0.29, 0.717) is 16.5 Å². The summed E-state index contributed by atoms with van der Waals surface area (Å²) in [6, 6.07) is 5.51. The van der Waals surface area contributed by atoms with Gasteiger partial charge in [0, 0.05) is 29.8 Å². The fraction of sp³-hybridized carbons (Fsp3) is 0.250. The fourth-order valence-corrected chi connectivity index (χ4v) is 2.17. The van der Waals surface area contributed by atoms with Crippen molar-refractivity contribution < 1.29 is 4.79 Å². The standard InChI is InChI=1S/C12H14N4OS/c1-7-6-9(4-5-10(7)13-3)11(17)15-12-14-8(2)16-18-12/h4-6,13H,1-3H3,(H,14,15,16,17). The number of carbonyl (C=O) groups excluding carboxylic acids is 1. The van der Waals surface area contributed by atoms with E-state index in [0.717, 1.165) is 11.3 Å². The summed E-state index contributed by atoms with van der Waals surface area (Å²) in [6.45, 7) is 3.75. The highest BCUT2D eigenvalue weighted by molar-refractivity contribution is 7.09. The summed E-state index contributed by atoms with van der Waals surface area (Å²) >= 11 is 1.18. The predicted octanol–water partition coefficient (Wildman–Crippen LogP) is 2.45. The number of aryl methyl sites for hydroxylation is 2. The largest absolute Gasteiger partial charge is 0.388 e. The molecule has 0 atom stereocenters. The Morgan fingerprint density at radius 3 is 2.67 bits per heavy atom. The molecule has 0 saturated carbocycles. The molecule has 0 spiro atoms. The maximum absolute atomic E-state index is 12.0. The van der Waals surface area contributed by atoms with E-state index in [1.807, 2.05) is 26.1 Å². The Kier molecular flexibility index (Phi) is 3.57. The van der Waals surface area contributed by atoms with E-state index >= 15 is 0 Å². The van der Waals surface area contributed by atoms with E-state index in [4.69, 9.17) is 0 Å². The molecule has 2 N–H and O–H groups in total. The van der Waals surface area contributed by atoms with Crippen molar-refractivity contribution in [1.29, 1.82) is 0 Å². The maximum Gasteiger partial charge on any atom is 0.257 e. The third-order valence-electron chi connectivity index (χ3n) is 2.51. The van der Waals surface area contributed by atoms with E-state index in [1.54, 1.807) is 13.0 Å². The zero-order valence-corrected chi connectivity index (χ0v) is 11.3. The molecule has 2 rings (SSSR count). The lowest BCUT2D eigenvalue weighted by Gasteiger charge is -2.07. The molecule has 1 aromatic carbocycles. The maximum atomic E-state index is 12.0. The molecule has 0 unspecified atom stereocenters. The van der Waals surface area contributed by atoms with Gasteiger partial charge in [-0.3, -0.25) is 10.1 Å². The second kappa shape index (κ2) is 5.14. The lowest BCUT2D eigenvalue weighted by atomic mass is 10.1. The summed E-state index contributed by atoms with van der Waals surface area (Å²) in [5.41, 5.74) is 2.65. The SMILES string of the molecule is CNc1ccc(C(=O)Nc2nc(C)ns2)cc1C. The van der Waals surface area contributed by atoms with Crippen LogP contribution < -0.4 is 10.6 Å². The Labute approximate surface area is 109 Å². The Balaban J connectivity index is 2.16. The van der Waals surface area contributed by atoms with Crippen LogP contribution in [0.2, 0.25) is 0 Å². The molecule has 0 radical (unpaired) electrons. The molecule has 0 aliphatic carbocycles. The quantitative estimate of drug-likeness (QED) is 0.891. The van der Waals surface area contributed by atoms with Crippen molar-refractivity contribution >= 4 is 28.3 Å². The summed E-state index contributed by atoms with van der Waals surface area (Å²) in [4.78, 5) is 16.1. The molecule has 0 saturated heterocycles. The van der Waals surface area contributed by atoms with Crippen LogP contribution in [0.1, 0.15) is 21.7 Å². The second-order valence-electron chi connectivity index (χ2n) is 3.88. The molecule has 1 amide bonds. The number of amides is 1. The average Bonchev–Trinajstić information content (AvgIpc) is 2.74. The number of anilines is 2. The van der Waals surface area contributed by atoms with Gasteiger partial charge in [0.05, 0.1) is 0 Å². The molecule has 94 valence electrons. The molecule has 5 nitrogen and oxygen atoms in total. The van der Waals surface area contributed by atoms with Gasteiger partial charge in [0.25, 0.3) is 5.91 Å². The highest BCUT2D eigenvalue weighted by Crippen LogP contribution is 2.17. The molecular weight excluding hydrogens is 248 g/mol. The van der Waals surface area contributed by atoms with E-state index in [1.165, 1.54) is 11.5 Å². The molecule has 1 heterocycles. The van der Waals surface area contributed by atoms with Crippen LogP contribution in [-0.4, -0.2) is 22.3 Å². The molecule has 1 aromatic heterocycles. The van der Waals surface area contributed by atoms with Crippen LogP contribution in [-0.2, 0) is 0 Å². The number of carbonyl (C=O) groups is 1. The summed E-state index contributed by atoms with van der Waals surface area (Å²) in [5.74, 6) is 0.494. The van der Waals surface area contributed by atoms with Gasteiger partial charge in [0.2, 0.25) is 5.13 Å². The van der Waals surface area contributed by atoms with Crippen molar-refractivity contribution in [3.8, 4) is 0 Å². The zero-order chi connectivity index (χ0) is 13.1. The predicted molar refractivity (Wildman–Crippen MR) is 73.3 cm³/mol. The summed E-state index contributed by atoms with van der Waals surface area (Å²) < 4.78 is 4.01. The molecule has 0 fully saturated rings. The van der Waals surface area contributed by atoms with Gasteiger partial charge in [-0.05, 0) is 37.6 Å². The van der Waals surface area contributed by atoms with Gasteiger partial charge in [0.1, 0.15) is 5.82 Å². The Hall–Kier alpha value is -1.95. The van der Waals surface area contributed by atoms with E-state index < -0.39 is 0 Å². The molecular formula is C12H14N4OS. The van der Waals surface area contributed by atoms with Crippen LogP contribution in [0.3, 0.4) is 0 Å². The summed E-state index contributed by atoms with van der Waals surface area (Å²) in [6.07, 6.45) is 0. The number of nitrogens with zero attached hydrogens (tertiary/aromatic N) is 2. The van der Waals surface area contributed by atoms with Crippen LogP contribution in [0, 0.1) is 13.8 Å². The van der Waals surface area contributed by atoms with Crippen LogP contribution in [0.5, 0.6) is 0 Å². The smallest absolute Gasteiger partial charge is 0.257 e. The Morgan fingerprint density at radius 1 is 1.33 bits per heavy atom. The fourth-order valence-electron chi connectivity index (χ4n) is 1.60. The number of aromatic nitrogens is 2. The lowest BCUT2D eigenvalue weighted by Crippen LogP contribution is -2.12. The number of benzene rings is 1. The zero-order valence-electron chi connectivity index (χ0n) is 10.4. The first-order valence-corrected chi connectivity index (χ1v) is 6.27.